The van der Waals surface area contributed by atoms with Crippen LogP contribution >= 0.6 is 0 Å². The molecule has 5 nitrogen and oxygen atoms in total. The number of carbonyl (C=O) groups excluding carboxylic acids is 1. The molecule has 0 radical (unpaired) electrons. The molecule has 37 heavy (non-hydrogen) atoms. The number of rotatable bonds is 11. The van der Waals surface area contributed by atoms with Gasteiger partial charge in [-0.2, -0.15) is 13.2 Å². The second-order valence-electron chi connectivity index (χ2n) is 10.1. The van der Waals surface area contributed by atoms with Crippen molar-refractivity contribution in [1.29, 1.82) is 0 Å². The molecule has 0 spiro atoms. The zero-order valence-electron chi connectivity index (χ0n) is 22.5. The lowest BCUT2D eigenvalue weighted by Gasteiger charge is -2.35. The van der Waals surface area contributed by atoms with Gasteiger partial charge in [-0.1, -0.05) is 19.9 Å². The molecule has 0 atom stereocenters. The van der Waals surface area contributed by atoms with Crippen LogP contribution in [-0.4, -0.2) is 67.6 Å². The fourth-order valence-electron chi connectivity index (χ4n) is 4.52. The number of nitrogens with zero attached hydrogens (tertiary/aromatic N) is 2. The van der Waals surface area contributed by atoms with Crippen molar-refractivity contribution in [3.63, 3.8) is 0 Å². The predicted molar refractivity (Wildman–Crippen MR) is 141 cm³/mol. The van der Waals surface area contributed by atoms with Crippen molar-refractivity contribution >= 4 is 5.91 Å². The summed E-state index contributed by atoms with van der Waals surface area (Å²) < 4.78 is 44.4. The minimum atomic E-state index is -4.40. The number of hydrogen-bond acceptors (Lipinski definition) is 4. The van der Waals surface area contributed by atoms with Gasteiger partial charge in [0.25, 0.3) is 5.91 Å². The number of unbranched alkanes of at least 4 members (excludes halogenated alkanes) is 1. The lowest BCUT2D eigenvalue weighted by Crippen LogP contribution is -2.49. The van der Waals surface area contributed by atoms with Gasteiger partial charge >= 0.3 is 6.18 Å². The molecule has 3 rings (SSSR count). The van der Waals surface area contributed by atoms with Crippen molar-refractivity contribution in [2.45, 2.75) is 59.2 Å². The number of alkyl halides is 3. The highest BCUT2D eigenvalue weighted by atomic mass is 19.4. The third kappa shape index (κ3) is 8.47. The van der Waals surface area contributed by atoms with Crippen LogP contribution in [0.4, 0.5) is 13.2 Å². The van der Waals surface area contributed by atoms with E-state index in [-0.39, 0.29) is 5.91 Å². The van der Waals surface area contributed by atoms with Gasteiger partial charge in [0.15, 0.2) is 0 Å². The molecule has 1 amide bonds. The van der Waals surface area contributed by atoms with Gasteiger partial charge < -0.3 is 15.0 Å². The Morgan fingerprint density at radius 1 is 0.973 bits per heavy atom. The van der Waals surface area contributed by atoms with E-state index in [1.807, 2.05) is 0 Å². The highest BCUT2D eigenvalue weighted by Crippen LogP contribution is 2.29. The van der Waals surface area contributed by atoms with E-state index in [0.717, 1.165) is 69.9 Å². The second kappa shape index (κ2) is 13.3. The summed E-state index contributed by atoms with van der Waals surface area (Å²) in [6.07, 6.45) is -1.37. The molecule has 1 saturated heterocycles. The first-order valence-electron chi connectivity index (χ1n) is 13.2. The highest BCUT2D eigenvalue weighted by Gasteiger charge is 2.30. The van der Waals surface area contributed by atoms with E-state index >= 15 is 0 Å². The first kappa shape index (κ1) is 29.0. The molecule has 2 aromatic carbocycles. The van der Waals surface area contributed by atoms with E-state index in [0.29, 0.717) is 24.7 Å². The molecule has 1 aliphatic heterocycles. The van der Waals surface area contributed by atoms with Crippen LogP contribution in [0.5, 0.6) is 5.75 Å². The maximum absolute atomic E-state index is 12.8. The Kier molecular flexibility index (Phi) is 10.4. The Hall–Kier alpha value is -2.58. The van der Waals surface area contributed by atoms with Crippen molar-refractivity contribution in [2.75, 3.05) is 45.9 Å². The summed E-state index contributed by atoms with van der Waals surface area (Å²) in [5.74, 6) is 0.736. The number of piperazine rings is 1. The number of carbonyl (C=O) groups is 1. The van der Waals surface area contributed by atoms with Crippen molar-refractivity contribution in [1.82, 2.24) is 15.1 Å². The fourth-order valence-corrected chi connectivity index (χ4v) is 4.52. The van der Waals surface area contributed by atoms with E-state index in [1.165, 1.54) is 28.8 Å². The van der Waals surface area contributed by atoms with Gasteiger partial charge in [-0.25, -0.2) is 0 Å². The zero-order valence-corrected chi connectivity index (χ0v) is 22.5. The molecule has 0 aliphatic carbocycles. The smallest absolute Gasteiger partial charge is 0.416 e. The standard InChI is InChI=1S/C29H40F3N3O2/c1-21(2)33-14-5-6-20-37-27-12-9-24(22(3)23(27)4)13-15-34-16-18-35(19-17-34)28(36)25-7-10-26(11-8-25)29(30,31)32/h7-12,21,33H,5-6,13-20H2,1-4H3. The average Bonchev–Trinajstić information content (AvgIpc) is 2.87. The summed E-state index contributed by atoms with van der Waals surface area (Å²) in [6, 6.07) is 9.20. The van der Waals surface area contributed by atoms with Gasteiger partial charge in [-0.3, -0.25) is 9.69 Å². The second-order valence-corrected chi connectivity index (χ2v) is 10.1. The van der Waals surface area contributed by atoms with Gasteiger partial charge in [-0.05, 0) is 86.7 Å². The minimum absolute atomic E-state index is 0.216. The van der Waals surface area contributed by atoms with Crippen LogP contribution in [0.15, 0.2) is 36.4 Å². The third-order valence-electron chi connectivity index (χ3n) is 7.05. The predicted octanol–water partition coefficient (Wildman–Crippen LogP) is 5.48. The first-order chi connectivity index (χ1) is 17.6. The Bertz CT molecular complexity index is 1010. The number of nitrogens with one attached hydrogen (secondary N) is 1. The van der Waals surface area contributed by atoms with Gasteiger partial charge in [-0.15, -0.1) is 0 Å². The Labute approximate surface area is 219 Å². The van der Waals surface area contributed by atoms with Crippen LogP contribution in [-0.2, 0) is 12.6 Å². The zero-order chi connectivity index (χ0) is 27.0. The maximum Gasteiger partial charge on any atom is 0.416 e. The molecule has 1 N–H and O–H groups in total. The minimum Gasteiger partial charge on any atom is -0.493 e. The summed E-state index contributed by atoms with van der Waals surface area (Å²) >= 11 is 0. The Balaban J connectivity index is 1.43. The van der Waals surface area contributed by atoms with Crippen molar-refractivity contribution in [2.24, 2.45) is 0 Å². The lowest BCUT2D eigenvalue weighted by molar-refractivity contribution is -0.137. The van der Waals surface area contributed by atoms with E-state index in [1.54, 1.807) is 4.90 Å². The molecule has 8 heteroatoms. The number of ether oxygens (including phenoxy) is 1. The topological polar surface area (TPSA) is 44.8 Å². The summed E-state index contributed by atoms with van der Waals surface area (Å²) in [5.41, 5.74) is 3.30. The van der Waals surface area contributed by atoms with Gasteiger partial charge in [0.1, 0.15) is 5.75 Å². The molecule has 1 fully saturated rings. The van der Waals surface area contributed by atoms with Crippen LogP contribution in [0, 0.1) is 13.8 Å². The van der Waals surface area contributed by atoms with Crippen molar-refractivity contribution in [3.8, 4) is 5.75 Å². The van der Waals surface area contributed by atoms with Gasteiger partial charge in [0.05, 0.1) is 12.2 Å². The van der Waals surface area contributed by atoms with E-state index in [4.69, 9.17) is 4.74 Å². The van der Waals surface area contributed by atoms with E-state index in [2.05, 4.69) is 50.0 Å². The average molecular weight is 520 g/mol. The quantitative estimate of drug-likeness (QED) is 0.400. The molecule has 0 unspecified atom stereocenters. The van der Waals surface area contributed by atoms with Crippen molar-refractivity contribution < 1.29 is 22.7 Å². The highest BCUT2D eigenvalue weighted by molar-refractivity contribution is 5.94. The van der Waals surface area contributed by atoms with Gasteiger partial charge in [0, 0.05) is 44.3 Å². The van der Waals surface area contributed by atoms with Crippen LogP contribution in [0.25, 0.3) is 0 Å². The molecular weight excluding hydrogens is 479 g/mol. The number of hydrogen-bond donors (Lipinski definition) is 1. The molecule has 0 bridgehead atoms. The molecule has 0 saturated carbocycles. The largest absolute Gasteiger partial charge is 0.493 e. The fraction of sp³-hybridized carbons (Fsp3) is 0.552. The molecular formula is C29H40F3N3O2. The molecule has 0 aromatic heterocycles. The molecule has 1 aliphatic rings. The van der Waals surface area contributed by atoms with Crippen LogP contribution in [0.2, 0.25) is 0 Å². The Morgan fingerprint density at radius 2 is 1.65 bits per heavy atom. The number of benzene rings is 2. The number of halogens is 3. The first-order valence-corrected chi connectivity index (χ1v) is 13.2. The SMILES string of the molecule is Cc1c(CCN2CCN(C(=O)c3ccc(C(F)(F)F)cc3)CC2)ccc(OCCCCNC(C)C)c1C. The molecule has 1 heterocycles. The summed E-state index contributed by atoms with van der Waals surface area (Å²) in [4.78, 5) is 16.8. The third-order valence-corrected chi connectivity index (χ3v) is 7.05. The molecule has 204 valence electrons. The van der Waals surface area contributed by atoms with Crippen LogP contribution in [0.1, 0.15) is 59.3 Å². The Morgan fingerprint density at radius 3 is 2.27 bits per heavy atom. The van der Waals surface area contributed by atoms with E-state index < -0.39 is 11.7 Å². The normalized spacial score (nSPS) is 14.9. The summed E-state index contributed by atoms with van der Waals surface area (Å²) in [7, 11) is 0. The van der Waals surface area contributed by atoms with E-state index in [9.17, 15) is 18.0 Å². The monoisotopic (exact) mass is 519 g/mol. The molecule has 2 aromatic rings. The summed E-state index contributed by atoms with van der Waals surface area (Å²) in [6.45, 7) is 13.8. The van der Waals surface area contributed by atoms with Crippen LogP contribution < -0.4 is 10.1 Å². The lowest BCUT2D eigenvalue weighted by atomic mass is 9.99. The maximum atomic E-state index is 12.8. The van der Waals surface area contributed by atoms with Crippen molar-refractivity contribution in [3.05, 3.63) is 64.2 Å². The number of amides is 1. The summed E-state index contributed by atoms with van der Waals surface area (Å²) in [5, 5.41) is 3.42. The van der Waals surface area contributed by atoms with Crippen LogP contribution in [0.3, 0.4) is 0 Å². The van der Waals surface area contributed by atoms with Gasteiger partial charge in [0.2, 0.25) is 0 Å².